The first kappa shape index (κ1) is 12.4. The van der Waals surface area contributed by atoms with Crippen LogP contribution in [0.25, 0.3) is 11.0 Å². The molecule has 102 valence electrons. The number of H-pyrrole nitrogens is 1. The number of aromatic amines is 1. The van der Waals surface area contributed by atoms with Gasteiger partial charge in [0.1, 0.15) is 5.82 Å². The van der Waals surface area contributed by atoms with Crippen molar-refractivity contribution in [1.29, 1.82) is 0 Å². The molecule has 0 aliphatic heterocycles. The summed E-state index contributed by atoms with van der Waals surface area (Å²) < 4.78 is 0. The zero-order chi connectivity index (χ0) is 13.9. The summed E-state index contributed by atoms with van der Waals surface area (Å²) in [5, 5.41) is 14.0. The number of hydrogen-bond acceptors (Lipinski definition) is 5. The molecule has 0 spiro atoms. The second kappa shape index (κ2) is 5.16. The van der Waals surface area contributed by atoms with Crippen LogP contribution in [0.3, 0.4) is 0 Å². The highest BCUT2D eigenvalue weighted by Crippen LogP contribution is 2.20. The number of aromatic nitrogens is 4. The Morgan fingerprint density at radius 1 is 1.15 bits per heavy atom. The lowest BCUT2D eigenvalue weighted by Gasteiger charge is -2.08. The van der Waals surface area contributed by atoms with E-state index >= 15 is 0 Å². The van der Waals surface area contributed by atoms with Crippen molar-refractivity contribution in [3.05, 3.63) is 41.6 Å². The summed E-state index contributed by atoms with van der Waals surface area (Å²) in [5.41, 5.74) is 3.18. The van der Waals surface area contributed by atoms with Crippen molar-refractivity contribution in [2.45, 2.75) is 13.5 Å². The van der Waals surface area contributed by atoms with Gasteiger partial charge in [-0.25, -0.2) is 0 Å². The highest BCUT2D eigenvalue weighted by atomic mass is 15.2. The SMILES string of the molecule is CNc1nc(NCc2ccc(C)cc2)c2cn[nH]c2n1. The summed E-state index contributed by atoms with van der Waals surface area (Å²) in [7, 11) is 1.79. The fraction of sp³-hybridized carbons (Fsp3) is 0.214. The summed E-state index contributed by atoms with van der Waals surface area (Å²) in [6.45, 7) is 2.79. The smallest absolute Gasteiger partial charge is 0.226 e. The molecule has 20 heavy (non-hydrogen) atoms. The summed E-state index contributed by atoms with van der Waals surface area (Å²) in [6.07, 6.45) is 1.73. The monoisotopic (exact) mass is 268 g/mol. The Morgan fingerprint density at radius 2 is 1.95 bits per heavy atom. The number of benzene rings is 1. The molecule has 0 unspecified atom stereocenters. The minimum Gasteiger partial charge on any atom is -0.365 e. The third-order valence-electron chi connectivity index (χ3n) is 3.11. The third-order valence-corrected chi connectivity index (χ3v) is 3.11. The van der Waals surface area contributed by atoms with Crippen molar-refractivity contribution in [2.75, 3.05) is 17.7 Å². The van der Waals surface area contributed by atoms with E-state index in [0.29, 0.717) is 12.5 Å². The molecule has 1 aromatic carbocycles. The van der Waals surface area contributed by atoms with E-state index in [-0.39, 0.29) is 0 Å². The molecule has 3 aromatic rings. The molecule has 2 heterocycles. The van der Waals surface area contributed by atoms with E-state index in [4.69, 9.17) is 0 Å². The van der Waals surface area contributed by atoms with Crippen LogP contribution in [0.4, 0.5) is 11.8 Å². The second-order valence-electron chi connectivity index (χ2n) is 4.62. The molecule has 0 aliphatic carbocycles. The van der Waals surface area contributed by atoms with Gasteiger partial charge in [-0.3, -0.25) is 5.10 Å². The van der Waals surface area contributed by atoms with Gasteiger partial charge in [-0.15, -0.1) is 0 Å². The maximum Gasteiger partial charge on any atom is 0.226 e. The molecule has 0 amide bonds. The van der Waals surface area contributed by atoms with Gasteiger partial charge in [0, 0.05) is 13.6 Å². The fourth-order valence-electron chi connectivity index (χ4n) is 1.97. The van der Waals surface area contributed by atoms with E-state index in [9.17, 15) is 0 Å². The van der Waals surface area contributed by atoms with Gasteiger partial charge in [-0.05, 0) is 12.5 Å². The van der Waals surface area contributed by atoms with Crippen LogP contribution < -0.4 is 10.6 Å². The molecule has 3 rings (SSSR count). The maximum absolute atomic E-state index is 4.43. The molecule has 0 saturated carbocycles. The van der Waals surface area contributed by atoms with E-state index < -0.39 is 0 Å². The van der Waals surface area contributed by atoms with Crippen LogP contribution in [0.2, 0.25) is 0 Å². The Hall–Kier alpha value is -2.63. The number of nitrogens with zero attached hydrogens (tertiary/aromatic N) is 3. The number of nitrogens with one attached hydrogen (secondary N) is 3. The Kier molecular flexibility index (Phi) is 3.20. The zero-order valence-corrected chi connectivity index (χ0v) is 11.4. The molecule has 0 radical (unpaired) electrons. The Labute approximate surface area is 116 Å². The first-order chi connectivity index (χ1) is 9.76. The standard InChI is InChI=1S/C14H16N6/c1-9-3-5-10(6-4-9)7-16-12-11-8-17-20-13(11)19-14(15-2)18-12/h3-6,8H,7H2,1-2H3,(H3,15,16,17,18,19,20). The van der Waals surface area contributed by atoms with Crippen molar-refractivity contribution in [1.82, 2.24) is 20.2 Å². The first-order valence-corrected chi connectivity index (χ1v) is 6.44. The molecule has 2 aromatic heterocycles. The molecule has 6 nitrogen and oxygen atoms in total. The van der Waals surface area contributed by atoms with Crippen molar-refractivity contribution in [3.8, 4) is 0 Å². The minimum atomic E-state index is 0.563. The van der Waals surface area contributed by atoms with Crippen molar-refractivity contribution >= 4 is 22.8 Å². The maximum atomic E-state index is 4.43. The van der Waals surface area contributed by atoms with Gasteiger partial charge in [0.05, 0.1) is 11.6 Å². The average Bonchev–Trinajstić information content (AvgIpc) is 2.94. The summed E-state index contributed by atoms with van der Waals surface area (Å²) in [6, 6.07) is 8.41. The lowest BCUT2D eigenvalue weighted by molar-refractivity contribution is 1.08. The lowest BCUT2D eigenvalue weighted by atomic mass is 10.1. The molecule has 0 bridgehead atoms. The van der Waals surface area contributed by atoms with Crippen LogP contribution in [0.5, 0.6) is 0 Å². The van der Waals surface area contributed by atoms with Gasteiger partial charge >= 0.3 is 0 Å². The predicted molar refractivity (Wildman–Crippen MR) is 79.7 cm³/mol. The van der Waals surface area contributed by atoms with E-state index in [2.05, 4.69) is 62.0 Å². The van der Waals surface area contributed by atoms with Crippen molar-refractivity contribution in [3.63, 3.8) is 0 Å². The second-order valence-corrected chi connectivity index (χ2v) is 4.62. The fourth-order valence-corrected chi connectivity index (χ4v) is 1.97. The highest BCUT2D eigenvalue weighted by Gasteiger charge is 2.08. The quantitative estimate of drug-likeness (QED) is 0.676. The van der Waals surface area contributed by atoms with Gasteiger partial charge in [0.25, 0.3) is 0 Å². The van der Waals surface area contributed by atoms with E-state index in [0.717, 1.165) is 16.9 Å². The van der Waals surface area contributed by atoms with Crippen LogP contribution in [-0.2, 0) is 6.54 Å². The van der Waals surface area contributed by atoms with E-state index in [1.54, 1.807) is 13.2 Å². The number of fused-ring (bicyclic) bond motifs is 1. The molecule has 3 N–H and O–H groups in total. The normalized spacial score (nSPS) is 10.7. The minimum absolute atomic E-state index is 0.563. The first-order valence-electron chi connectivity index (χ1n) is 6.44. The van der Waals surface area contributed by atoms with Crippen molar-refractivity contribution in [2.24, 2.45) is 0 Å². The predicted octanol–water partition coefficient (Wildman–Crippen LogP) is 2.32. The van der Waals surface area contributed by atoms with Crippen LogP contribution in [-0.4, -0.2) is 27.2 Å². The van der Waals surface area contributed by atoms with E-state index in [1.165, 1.54) is 11.1 Å². The Balaban J connectivity index is 1.86. The zero-order valence-electron chi connectivity index (χ0n) is 11.4. The third kappa shape index (κ3) is 2.40. The van der Waals surface area contributed by atoms with Gasteiger partial charge in [-0.2, -0.15) is 15.1 Å². The van der Waals surface area contributed by atoms with Crippen molar-refractivity contribution < 1.29 is 0 Å². The number of hydrogen-bond donors (Lipinski definition) is 3. The van der Waals surface area contributed by atoms with Crippen LogP contribution in [0.1, 0.15) is 11.1 Å². The van der Waals surface area contributed by atoms with Gasteiger partial charge in [0.15, 0.2) is 5.65 Å². The molecule has 0 saturated heterocycles. The topological polar surface area (TPSA) is 78.5 Å². The summed E-state index contributed by atoms with van der Waals surface area (Å²) in [4.78, 5) is 8.73. The Morgan fingerprint density at radius 3 is 2.70 bits per heavy atom. The number of aryl methyl sites for hydroxylation is 1. The molecule has 0 aliphatic rings. The molecular weight excluding hydrogens is 252 g/mol. The van der Waals surface area contributed by atoms with Crippen LogP contribution in [0.15, 0.2) is 30.5 Å². The van der Waals surface area contributed by atoms with E-state index in [1.807, 2.05) is 0 Å². The van der Waals surface area contributed by atoms with Crippen LogP contribution in [0, 0.1) is 6.92 Å². The molecule has 0 fully saturated rings. The molecule has 6 heteroatoms. The number of rotatable bonds is 4. The average molecular weight is 268 g/mol. The van der Waals surface area contributed by atoms with Gasteiger partial charge in [-0.1, -0.05) is 29.8 Å². The number of anilines is 2. The molecule has 0 atom stereocenters. The lowest BCUT2D eigenvalue weighted by Crippen LogP contribution is -2.05. The van der Waals surface area contributed by atoms with Gasteiger partial charge in [0.2, 0.25) is 5.95 Å². The Bertz CT molecular complexity index is 716. The summed E-state index contributed by atoms with van der Waals surface area (Å²) in [5.74, 6) is 1.34. The van der Waals surface area contributed by atoms with Crippen LogP contribution >= 0.6 is 0 Å². The molecular formula is C14H16N6. The highest BCUT2D eigenvalue weighted by molar-refractivity contribution is 5.86. The summed E-state index contributed by atoms with van der Waals surface area (Å²) >= 11 is 0. The largest absolute Gasteiger partial charge is 0.365 e. The van der Waals surface area contributed by atoms with Gasteiger partial charge < -0.3 is 10.6 Å².